The van der Waals surface area contributed by atoms with Crippen molar-refractivity contribution < 1.29 is 4.92 Å². The molecule has 0 aliphatic carbocycles. The van der Waals surface area contributed by atoms with E-state index in [1.165, 1.54) is 12.1 Å². The maximum absolute atomic E-state index is 11.1. The Bertz CT molecular complexity index is 1140. The molecule has 0 atom stereocenters. The van der Waals surface area contributed by atoms with Crippen LogP contribution >= 0.6 is 0 Å². The van der Waals surface area contributed by atoms with Gasteiger partial charge in [0.2, 0.25) is 0 Å². The molecule has 0 unspecified atom stereocenters. The highest BCUT2D eigenvalue weighted by Crippen LogP contribution is 2.31. The van der Waals surface area contributed by atoms with E-state index in [-0.39, 0.29) is 11.3 Å². The van der Waals surface area contributed by atoms with Gasteiger partial charge in [0.1, 0.15) is 6.07 Å². The molecule has 0 bridgehead atoms. The number of nitro groups is 1. The van der Waals surface area contributed by atoms with Gasteiger partial charge in [-0.15, -0.1) is 10.2 Å². The SMILES string of the molecule is N#Cc1cc([N+](=O)[O-])ccc1-n1c(-c2ccccc2)nnc1-c1ccccc1. The van der Waals surface area contributed by atoms with E-state index in [0.717, 1.165) is 11.1 Å². The molecule has 3 aromatic carbocycles. The molecule has 7 heteroatoms. The normalized spacial score (nSPS) is 10.4. The molecule has 7 nitrogen and oxygen atoms in total. The summed E-state index contributed by atoms with van der Waals surface area (Å²) in [5, 5.41) is 29.4. The average Bonchev–Trinajstić information content (AvgIpc) is 3.19. The van der Waals surface area contributed by atoms with Crippen molar-refractivity contribution in [3.8, 4) is 34.5 Å². The molecule has 4 aromatic rings. The van der Waals surface area contributed by atoms with Gasteiger partial charge in [-0.05, 0) is 6.07 Å². The van der Waals surface area contributed by atoms with Gasteiger partial charge in [-0.3, -0.25) is 14.7 Å². The van der Waals surface area contributed by atoms with Gasteiger partial charge in [0.05, 0.1) is 16.2 Å². The highest BCUT2D eigenvalue weighted by Gasteiger charge is 2.21. The second kappa shape index (κ2) is 7.13. The summed E-state index contributed by atoms with van der Waals surface area (Å²) >= 11 is 0. The Morgan fingerprint density at radius 3 is 1.86 bits per heavy atom. The molecule has 0 aliphatic heterocycles. The first-order valence-corrected chi connectivity index (χ1v) is 8.44. The van der Waals surface area contributed by atoms with Crippen LogP contribution in [0.25, 0.3) is 28.5 Å². The number of rotatable bonds is 4. The molecular formula is C21H13N5O2. The van der Waals surface area contributed by atoms with Gasteiger partial charge < -0.3 is 0 Å². The van der Waals surface area contributed by atoms with Crippen LogP contribution in [0, 0.1) is 21.4 Å². The van der Waals surface area contributed by atoms with Crippen LogP contribution in [-0.2, 0) is 0 Å². The third kappa shape index (κ3) is 2.99. The summed E-state index contributed by atoms with van der Waals surface area (Å²) in [4.78, 5) is 10.6. The smallest absolute Gasteiger partial charge is 0.270 e. The van der Waals surface area contributed by atoms with Crippen molar-refractivity contribution >= 4 is 5.69 Å². The van der Waals surface area contributed by atoms with Crippen LogP contribution < -0.4 is 0 Å². The van der Waals surface area contributed by atoms with Crippen molar-refractivity contribution in [1.29, 1.82) is 5.26 Å². The largest absolute Gasteiger partial charge is 0.274 e. The Kier molecular flexibility index (Phi) is 4.36. The zero-order valence-electron chi connectivity index (χ0n) is 14.6. The van der Waals surface area contributed by atoms with Crippen molar-refractivity contribution in [2.24, 2.45) is 0 Å². The number of hydrogen-bond acceptors (Lipinski definition) is 5. The number of hydrogen-bond donors (Lipinski definition) is 0. The van der Waals surface area contributed by atoms with Crippen LogP contribution in [0.5, 0.6) is 0 Å². The first-order chi connectivity index (χ1) is 13.7. The second-order valence-corrected chi connectivity index (χ2v) is 5.99. The van der Waals surface area contributed by atoms with Crippen molar-refractivity contribution in [3.05, 3.63) is 94.5 Å². The number of benzene rings is 3. The van der Waals surface area contributed by atoms with Gasteiger partial charge in [-0.2, -0.15) is 5.26 Å². The predicted molar refractivity (Wildman–Crippen MR) is 104 cm³/mol. The monoisotopic (exact) mass is 367 g/mol. The average molecular weight is 367 g/mol. The molecule has 134 valence electrons. The molecule has 1 aromatic heterocycles. The topological polar surface area (TPSA) is 97.6 Å². The molecule has 4 rings (SSSR count). The summed E-state index contributed by atoms with van der Waals surface area (Å²) in [5.74, 6) is 1.09. The maximum Gasteiger partial charge on any atom is 0.270 e. The van der Waals surface area contributed by atoms with Crippen LogP contribution in [-0.4, -0.2) is 19.7 Å². The van der Waals surface area contributed by atoms with Crippen LogP contribution in [0.15, 0.2) is 78.9 Å². The molecule has 0 fully saturated rings. The Balaban J connectivity index is 2.01. The molecule has 28 heavy (non-hydrogen) atoms. The van der Waals surface area contributed by atoms with Crippen LogP contribution in [0.2, 0.25) is 0 Å². The van der Waals surface area contributed by atoms with Crippen molar-refractivity contribution in [2.75, 3.05) is 0 Å². The molecular weight excluding hydrogens is 354 g/mol. The molecule has 0 aliphatic rings. The second-order valence-electron chi connectivity index (χ2n) is 5.99. The lowest BCUT2D eigenvalue weighted by Crippen LogP contribution is -2.03. The fraction of sp³-hybridized carbons (Fsp3) is 0. The van der Waals surface area contributed by atoms with E-state index in [9.17, 15) is 15.4 Å². The number of nitro benzene ring substituents is 1. The minimum absolute atomic E-state index is 0.143. The van der Waals surface area contributed by atoms with Crippen LogP contribution in [0.1, 0.15) is 5.56 Å². The van der Waals surface area contributed by atoms with E-state index in [0.29, 0.717) is 17.3 Å². The van der Waals surface area contributed by atoms with E-state index in [1.54, 1.807) is 10.6 Å². The molecule has 0 radical (unpaired) electrons. The van der Waals surface area contributed by atoms with E-state index in [1.807, 2.05) is 60.7 Å². The Labute approximate surface area is 160 Å². The number of aromatic nitrogens is 3. The van der Waals surface area contributed by atoms with Gasteiger partial charge in [0, 0.05) is 23.3 Å². The van der Waals surface area contributed by atoms with Gasteiger partial charge in [-0.1, -0.05) is 60.7 Å². The highest BCUT2D eigenvalue weighted by molar-refractivity contribution is 5.69. The summed E-state index contributed by atoms with van der Waals surface area (Å²) in [6.07, 6.45) is 0. The fourth-order valence-corrected chi connectivity index (χ4v) is 2.98. The van der Waals surface area contributed by atoms with Gasteiger partial charge in [0.25, 0.3) is 5.69 Å². The summed E-state index contributed by atoms with van der Waals surface area (Å²) in [7, 11) is 0. The molecule has 0 amide bonds. The zero-order valence-corrected chi connectivity index (χ0v) is 14.6. The van der Waals surface area contributed by atoms with E-state index < -0.39 is 4.92 Å². The lowest BCUT2D eigenvalue weighted by molar-refractivity contribution is -0.384. The third-order valence-electron chi connectivity index (χ3n) is 4.28. The van der Waals surface area contributed by atoms with Crippen LogP contribution in [0.3, 0.4) is 0 Å². The quantitative estimate of drug-likeness (QED) is 0.394. The first-order valence-electron chi connectivity index (χ1n) is 8.44. The summed E-state index contributed by atoms with van der Waals surface area (Å²) < 4.78 is 1.76. The van der Waals surface area contributed by atoms with E-state index >= 15 is 0 Å². The van der Waals surface area contributed by atoms with Gasteiger partial charge in [0.15, 0.2) is 11.6 Å². The highest BCUT2D eigenvalue weighted by atomic mass is 16.6. The lowest BCUT2D eigenvalue weighted by Gasteiger charge is -2.12. The summed E-state index contributed by atoms with van der Waals surface area (Å²) in [6, 6.07) is 25.2. The summed E-state index contributed by atoms with van der Waals surface area (Å²) in [5.41, 5.74) is 2.15. The molecule has 0 saturated heterocycles. The van der Waals surface area contributed by atoms with Crippen LogP contribution in [0.4, 0.5) is 5.69 Å². The predicted octanol–water partition coefficient (Wildman–Crippen LogP) is 4.38. The standard InChI is InChI=1S/C21H13N5O2/c22-14-17-13-18(26(27)28)11-12-19(17)25-20(15-7-3-1-4-8-15)23-24-21(25)16-9-5-2-6-10-16/h1-13H. The number of nitriles is 1. The molecule has 0 spiro atoms. The van der Waals surface area contributed by atoms with Gasteiger partial charge >= 0.3 is 0 Å². The Morgan fingerprint density at radius 2 is 1.39 bits per heavy atom. The lowest BCUT2D eigenvalue weighted by atomic mass is 10.1. The molecule has 1 heterocycles. The molecule has 0 N–H and O–H groups in total. The third-order valence-corrected chi connectivity index (χ3v) is 4.28. The number of nitrogens with zero attached hydrogens (tertiary/aromatic N) is 5. The zero-order chi connectivity index (χ0) is 19.5. The summed E-state index contributed by atoms with van der Waals surface area (Å²) in [6.45, 7) is 0. The van der Waals surface area contributed by atoms with E-state index in [4.69, 9.17) is 0 Å². The fourth-order valence-electron chi connectivity index (χ4n) is 2.98. The van der Waals surface area contributed by atoms with Crippen molar-refractivity contribution in [1.82, 2.24) is 14.8 Å². The van der Waals surface area contributed by atoms with Gasteiger partial charge in [-0.25, -0.2) is 0 Å². The minimum atomic E-state index is -0.521. The maximum atomic E-state index is 11.1. The van der Waals surface area contributed by atoms with E-state index in [2.05, 4.69) is 16.3 Å². The Morgan fingerprint density at radius 1 is 0.857 bits per heavy atom. The first kappa shape index (κ1) is 17.1. The van der Waals surface area contributed by atoms with Crippen molar-refractivity contribution in [3.63, 3.8) is 0 Å². The minimum Gasteiger partial charge on any atom is -0.274 e. The van der Waals surface area contributed by atoms with Crippen molar-refractivity contribution in [2.45, 2.75) is 0 Å². The number of non-ortho nitro benzene ring substituents is 1. The molecule has 0 saturated carbocycles. The Hall–Kier alpha value is -4.31.